The summed E-state index contributed by atoms with van der Waals surface area (Å²) in [6.07, 6.45) is 1.06. The van der Waals surface area contributed by atoms with E-state index in [1.54, 1.807) is 13.0 Å². The van der Waals surface area contributed by atoms with Gasteiger partial charge in [0.2, 0.25) is 0 Å². The number of carbonyl (C=O) groups excluding carboxylic acids is 1. The Morgan fingerprint density at radius 1 is 1.21 bits per heavy atom. The summed E-state index contributed by atoms with van der Waals surface area (Å²) in [7, 11) is 0. The Kier molecular flexibility index (Phi) is 5.57. The largest absolute Gasteiger partial charge is 0.388 e. The number of rotatable bonds is 6. The molecule has 3 N–H and O–H groups in total. The lowest BCUT2D eigenvalue weighted by molar-refractivity contribution is 0.0313. The van der Waals surface area contributed by atoms with Gasteiger partial charge < -0.3 is 15.4 Å². The number of aromatic amines is 1. The van der Waals surface area contributed by atoms with Crippen molar-refractivity contribution in [1.82, 2.24) is 10.3 Å². The smallest absolute Gasteiger partial charge is 0.261 e. The lowest BCUT2D eigenvalue weighted by atomic mass is 9.97. The Hall–Kier alpha value is -2.40. The molecule has 0 bridgehead atoms. The lowest BCUT2D eigenvalue weighted by Gasteiger charge is -2.25. The molecule has 1 aromatic heterocycles. The Bertz CT molecular complexity index is 762. The van der Waals surface area contributed by atoms with E-state index in [0.717, 1.165) is 11.1 Å². The Morgan fingerprint density at radius 3 is 2.42 bits per heavy atom. The van der Waals surface area contributed by atoms with E-state index in [9.17, 15) is 14.7 Å². The van der Waals surface area contributed by atoms with Crippen molar-refractivity contribution in [3.8, 4) is 11.1 Å². The second kappa shape index (κ2) is 7.45. The van der Waals surface area contributed by atoms with Crippen molar-refractivity contribution in [2.75, 3.05) is 6.54 Å². The number of hydrogen-bond acceptors (Lipinski definition) is 3. The van der Waals surface area contributed by atoms with E-state index in [0.29, 0.717) is 18.5 Å². The molecule has 0 aliphatic heterocycles. The molecule has 128 valence electrons. The van der Waals surface area contributed by atoms with Crippen LogP contribution >= 0.6 is 0 Å². The molecule has 0 fully saturated rings. The van der Waals surface area contributed by atoms with Crippen LogP contribution < -0.4 is 10.9 Å². The third kappa shape index (κ3) is 3.92. The fraction of sp³-hybridized carbons (Fsp3) is 0.368. The number of aliphatic hydroxyl groups is 1. The molecule has 0 radical (unpaired) electrons. The van der Waals surface area contributed by atoms with Crippen molar-refractivity contribution in [2.24, 2.45) is 0 Å². The number of carbonyl (C=O) groups is 1. The third-order valence-electron chi connectivity index (χ3n) is 4.46. The monoisotopic (exact) mass is 328 g/mol. The van der Waals surface area contributed by atoms with Crippen LogP contribution in [0.2, 0.25) is 0 Å². The molecule has 1 amide bonds. The fourth-order valence-electron chi connectivity index (χ4n) is 2.55. The highest BCUT2D eigenvalue weighted by atomic mass is 16.3. The highest BCUT2D eigenvalue weighted by Gasteiger charge is 2.24. The predicted molar refractivity (Wildman–Crippen MR) is 95.1 cm³/mol. The van der Waals surface area contributed by atoms with E-state index in [1.165, 1.54) is 0 Å². The molecule has 24 heavy (non-hydrogen) atoms. The molecule has 0 spiro atoms. The molecule has 1 heterocycles. The average molecular weight is 328 g/mol. The molecule has 0 saturated carbocycles. The molecule has 0 aliphatic rings. The minimum atomic E-state index is -0.949. The molecule has 0 aliphatic carbocycles. The van der Waals surface area contributed by atoms with E-state index in [2.05, 4.69) is 10.3 Å². The Morgan fingerprint density at radius 2 is 1.83 bits per heavy atom. The van der Waals surface area contributed by atoms with Gasteiger partial charge in [0.1, 0.15) is 5.56 Å². The molecule has 1 aromatic carbocycles. The standard InChI is InChI=1S/C19H24N2O3/c1-4-19(24,5-2)12-20-17(22)16-11-15(13(3)21-18(16)23)14-9-7-6-8-10-14/h6-11,24H,4-5,12H2,1-3H3,(H,20,22)(H,21,23). The summed E-state index contributed by atoms with van der Waals surface area (Å²) in [6, 6.07) is 11.2. The molecule has 2 rings (SSSR count). The van der Waals surface area contributed by atoms with Crippen molar-refractivity contribution >= 4 is 5.91 Å². The summed E-state index contributed by atoms with van der Waals surface area (Å²) in [5.41, 5.74) is 1.12. The lowest BCUT2D eigenvalue weighted by Crippen LogP contribution is -2.43. The first-order valence-corrected chi connectivity index (χ1v) is 8.20. The minimum Gasteiger partial charge on any atom is -0.388 e. The van der Waals surface area contributed by atoms with E-state index in [-0.39, 0.29) is 12.1 Å². The summed E-state index contributed by atoms with van der Waals surface area (Å²) >= 11 is 0. The molecular formula is C19H24N2O3. The number of aryl methyl sites for hydroxylation is 1. The second-order valence-electron chi connectivity index (χ2n) is 6.03. The maximum atomic E-state index is 12.4. The highest BCUT2D eigenvalue weighted by Crippen LogP contribution is 2.21. The zero-order chi connectivity index (χ0) is 17.7. The average Bonchev–Trinajstić information content (AvgIpc) is 2.60. The van der Waals surface area contributed by atoms with Crippen molar-refractivity contribution < 1.29 is 9.90 Å². The molecule has 0 saturated heterocycles. The van der Waals surface area contributed by atoms with Crippen LogP contribution in [-0.2, 0) is 0 Å². The van der Waals surface area contributed by atoms with Crippen LogP contribution in [0.1, 0.15) is 42.7 Å². The van der Waals surface area contributed by atoms with Crippen LogP contribution in [0.5, 0.6) is 0 Å². The topological polar surface area (TPSA) is 82.2 Å². The van der Waals surface area contributed by atoms with Gasteiger partial charge in [-0.2, -0.15) is 0 Å². The summed E-state index contributed by atoms with van der Waals surface area (Å²) in [5.74, 6) is -0.478. The van der Waals surface area contributed by atoms with Gasteiger partial charge >= 0.3 is 0 Å². The first kappa shape index (κ1) is 17.9. The first-order chi connectivity index (χ1) is 11.4. The van der Waals surface area contributed by atoms with Crippen molar-refractivity contribution in [3.05, 3.63) is 58.0 Å². The predicted octanol–water partition coefficient (Wildman–Crippen LogP) is 2.63. The molecular weight excluding hydrogens is 304 g/mol. The maximum Gasteiger partial charge on any atom is 0.261 e. The Balaban J connectivity index is 2.30. The van der Waals surface area contributed by atoms with E-state index >= 15 is 0 Å². The molecule has 0 atom stereocenters. The number of nitrogens with one attached hydrogen (secondary N) is 2. The molecule has 0 unspecified atom stereocenters. The quantitative estimate of drug-likeness (QED) is 0.762. The number of amides is 1. The molecule has 5 heteroatoms. The summed E-state index contributed by atoms with van der Waals surface area (Å²) < 4.78 is 0. The number of pyridine rings is 1. The van der Waals surface area contributed by atoms with Crippen LogP contribution in [0.15, 0.2) is 41.2 Å². The van der Waals surface area contributed by atoms with Gasteiger partial charge in [-0.1, -0.05) is 44.2 Å². The zero-order valence-corrected chi connectivity index (χ0v) is 14.3. The van der Waals surface area contributed by atoms with Gasteiger partial charge in [-0.05, 0) is 31.4 Å². The SMILES string of the molecule is CCC(O)(CC)CNC(=O)c1cc(-c2ccccc2)c(C)[nH]c1=O. The van der Waals surface area contributed by atoms with Gasteiger partial charge in [-0.15, -0.1) is 0 Å². The number of H-pyrrole nitrogens is 1. The maximum absolute atomic E-state index is 12.4. The fourth-order valence-corrected chi connectivity index (χ4v) is 2.55. The summed E-state index contributed by atoms with van der Waals surface area (Å²) in [6.45, 7) is 5.65. The second-order valence-corrected chi connectivity index (χ2v) is 6.03. The van der Waals surface area contributed by atoms with Crippen LogP contribution in [-0.4, -0.2) is 28.1 Å². The third-order valence-corrected chi connectivity index (χ3v) is 4.46. The first-order valence-electron chi connectivity index (χ1n) is 8.20. The van der Waals surface area contributed by atoms with Gasteiger partial charge in [0.25, 0.3) is 11.5 Å². The highest BCUT2D eigenvalue weighted by molar-refractivity contribution is 5.95. The van der Waals surface area contributed by atoms with Crippen LogP contribution in [0.25, 0.3) is 11.1 Å². The van der Waals surface area contributed by atoms with Gasteiger partial charge in [-0.25, -0.2) is 0 Å². The molecule has 2 aromatic rings. The normalized spacial score (nSPS) is 11.3. The number of hydrogen-bond donors (Lipinski definition) is 3. The zero-order valence-electron chi connectivity index (χ0n) is 14.3. The van der Waals surface area contributed by atoms with Gasteiger partial charge in [0.05, 0.1) is 5.60 Å². The van der Waals surface area contributed by atoms with Gasteiger partial charge in [0, 0.05) is 17.8 Å². The Labute approximate surface area is 141 Å². The number of aromatic nitrogens is 1. The van der Waals surface area contributed by atoms with E-state index in [1.807, 2.05) is 44.2 Å². The minimum absolute atomic E-state index is 0.0500. The number of benzene rings is 1. The van der Waals surface area contributed by atoms with Gasteiger partial charge in [-0.3, -0.25) is 9.59 Å². The van der Waals surface area contributed by atoms with Crippen molar-refractivity contribution in [1.29, 1.82) is 0 Å². The van der Waals surface area contributed by atoms with Crippen LogP contribution in [0.3, 0.4) is 0 Å². The van der Waals surface area contributed by atoms with E-state index < -0.39 is 17.1 Å². The van der Waals surface area contributed by atoms with Crippen LogP contribution in [0.4, 0.5) is 0 Å². The van der Waals surface area contributed by atoms with Crippen molar-refractivity contribution in [2.45, 2.75) is 39.2 Å². The summed E-state index contributed by atoms with van der Waals surface area (Å²) in [5, 5.41) is 12.9. The van der Waals surface area contributed by atoms with Crippen LogP contribution in [0, 0.1) is 6.92 Å². The van der Waals surface area contributed by atoms with Crippen molar-refractivity contribution in [3.63, 3.8) is 0 Å². The van der Waals surface area contributed by atoms with Gasteiger partial charge in [0.15, 0.2) is 0 Å². The van der Waals surface area contributed by atoms with E-state index in [4.69, 9.17) is 0 Å². The molecule has 5 nitrogen and oxygen atoms in total. The summed E-state index contributed by atoms with van der Waals surface area (Å²) in [4.78, 5) is 27.3.